The van der Waals surface area contributed by atoms with Gasteiger partial charge in [-0.1, -0.05) is 56.5 Å². The van der Waals surface area contributed by atoms with Crippen molar-refractivity contribution in [3.05, 3.63) is 42.5 Å². The van der Waals surface area contributed by atoms with Gasteiger partial charge in [0.25, 0.3) is 0 Å². The number of fused-ring (bicyclic) bond motifs is 2. The van der Waals surface area contributed by atoms with Gasteiger partial charge in [-0.15, -0.1) is 0 Å². The summed E-state index contributed by atoms with van der Waals surface area (Å²) >= 11 is 0. The van der Waals surface area contributed by atoms with Gasteiger partial charge >= 0.3 is 5.97 Å². The van der Waals surface area contributed by atoms with Crippen molar-refractivity contribution in [2.75, 3.05) is 0 Å². The molecule has 1 unspecified atom stereocenters. The molecule has 3 heteroatoms. The molecular formula is C25H30O3. The van der Waals surface area contributed by atoms with Crippen LogP contribution in [-0.2, 0) is 9.53 Å². The van der Waals surface area contributed by atoms with E-state index in [1.165, 1.54) is 37.5 Å². The third kappa shape index (κ3) is 3.19. The summed E-state index contributed by atoms with van der Waals surface area (Å²) in [6.45, 7) is 2.48. The van der Waals surface area contributed by atoms with Gasteiger partial charge in [-0.05, 0) is 66.3 Å². The van der Waals surface area contributed by atoms with Gasteiger partial charge in [0.15, 0.2) is 0 Å². The number of benzene rings is 2. The minimum atomic E-state index is -0.436. The summed E-state index contributed by atoms with van der Waals surface area (Å²) < 4.78 is 12.0. The summed E-state index contributed by atoms with van der Waals surface area (Å²) in [5.74, 6) is 1.64. The molecule has 5 rings (SSSR count). The van der Waals surface area contributed by atoms with Gasteiger partial charge in [-0.25, -0.2) is 0 Å². The van der Waals surface area contributed by atoms with Gasteiger partial charge in [0.1, 0.15) is 5.75 Å². The monoisotopic (exact) mass is 378 g/mol. The van der Waals surface area contributed by atoms with Crippen molar-refractivity contribution in [3.63, 3.8) is 0 Å². The molecule has 0 spiro atoms. The smallest absolute Gasteiger partial charge is 0.312 e. The van der Waals surface area contributed by atoms with Crippen LogP contribution in [0, 0.1) is 23.2 Å². The van der Waals surface area contributed by atoms with Crippen LogP contribution in [0.3, 0.4) is 0 Å². The Labute approximate surface area is 167 Å². The zero-order chi connectivity index (χ0) is 19.1. The minimum Gasteiger partial charge on any atom is -0.454 e. The molecule has 148 valence electrons. The summed E-state index contributed by atoms with van der Waals surface area (Å²) in [5, 5.41) is 2.34. The first-order valence-electron chi connectivity index (χ1n) is 11.0. The van der Waals surface area contributed by atoms with Crippen molar-refractivity contribution in [1.29, 1.82) is 0 Å². The third-order valence-corrected chi connectivity index (χ3v) is 7.74. The zero-order valence-corrected chi connectivity index (χ0v) is 16.7. The Hall–Kier alpha value is -2.03. The SMILES string of the molecule is CC1(C2CC[C@@H]3C(=O)O[C@@H](Oc4ccc5ccccc5c4)[C@@H]3C2)CCCCC1. The molecule has 0 aromatic heterocycles. The first-order chi connectivity index (χ1) is 13.6. The van der Waals surface area contributed by atoms with E-state index in [2.05, 4.69) is 31.2 Å². The van der Waals surface area contributed by atoms with Crippen LogP contribution >= 0.6 is 0 Å². The van der Waals surface area contributed by atoms with E-state index < -0.39 is 6.29 Å². The molecule has 2 aromatic rings. The Bertz CT molecular complexity index is 867. The van der Waals surface area contributed by atoms with Crippen molar-refractivity contribution >= 4 is 16.7 Å². The number of ether oxygens (including phenoxy) is 2. The van der Waals surface area contributed by atoms with Crippen LogP contribution < -0.4 is 4.74 Å². The van der Waals surface area contributed by atoms with Crippen molar-refractivity contribution in [1.82, 2.24) is 0 Å². The van der Waals surface area contributed by atoms with Crippen molar-refractivity contribution in [2.24, 2.45) is 23.2 Å². The van der Waals surface area contributed by atoms with E-state index in [-0.39, 0.29) is 17.8 Å². The Morgan fingerprint density at radius 3 is 2.61 bits per heavy atom. The average Bonchev–Trinajstić information content (AvgIpc) is 3.03. The molecular weight excluding hydrogens is 348 g/mol. The molecule has 0 N–H and O–H groups in total. The van der Waals surface area contributed by atoms with E-state index in [1.807, 2.05) is 18.2 Å². The highest BCUT2D eigenvalue weighted by Gasteiger charge is 2.52. The maximum Gasteiger partial charge on any atom is 0.312 e. The standard InChI is InChI=1S/C25H30O3/c1-25(13-5-2-6-14-25)19-10-12-21-22(16-19)24(28-23(21)26)27-20-11-9-17-7-3-4-8-18(17)15-20/h3-4,7-9,11,15,19,21-22,24H,2,5-6,10,12-14,16H2,1H3/t19?,21-,22+,24+/m0/s1. The normalized spacial score (nSPS) is 32.0. The fraction of sp³-hybridized carbons (Fsp3) is 0.560. The Balaban J connectivity index is 1.35. The molecule has 4 atom stereocenters. The first-order valence-corrected chi connectivity index (χ1v) is 11.0. The highest BCUT2D eigenvalue weighted by molar-refractivity contribution is 5.83. The third-order valence-electron chi connectivity index (χ3n) is 7.74. The number of carbonyl (C=O) groups is 1. The second-order valence-corrected chi connectivity index (χ2v) is 9.43. The minimum absolute atomic E-state index is 0.0221. The lowest BCUT2D eigenvalue weighted by atomic mass is 9.60. The van der Waals surface area contributed by atoms with Gasteiger partial charge < -0.3 is 9.47 Å². The van der Waals surface area contributed by atoms with Crippen molar-refractivity contribution < 1.29 is 14.3 Å². The lowest BCUT2D eigenvalue weighted by Crippen LogP contribution is -2.39. The van der Waals surface area contributed by atoms with E-state index in [1.54, 1.807) is 0 Å². The molecule has 1 saturated heterocycles. The van der Waals surface area contributed by atoms with Crippen LogP contribution in [0.2, 0.25) is 0 Å². The van der Waals surface area contributed by atoms with E-state index in [0.29, 0.717) is 11.3 Å². The fourth-order valence-electron chi connectivity index (χ4n) is 5.98. The summed E-state index contributed by atoms with van der Waals surface area (Å²) in [6.07, 6.45) is 9.50. The molecule has 28 heavy (non-hydrogen) atoms. The highest BCUT2D eigenvalue weighted by Crippen LogP contribution is 2.52. The van der Waals surface area contributed by atoms with Crippen molar-refractivity contribution in [2.45, 2.75) is 64.6 Å². The zero-order valence-electron chi connectivity index (χ0n) is 16.7. The van der Waals surface area contributed by atoms with Gasteiger partial charge in [-0.3, -0.25) is 4.79 Å². The quantitative estimate of drug-likeness (QED) is 0.605. The summed E-state index contributed by atoms with van der Waals surface area (Å²) in [4.78, 5) is 12.5. The number of esters is 1. The van der Waals surface area contributed by atoms with Crippen LogP contribution in [0.5, 0.6) is 5.75 Å². The maximum absolute atomic E-state index is 12.5. The fourth-order valence-corrected chi connectivity index (χ4v) is 5.98. The van der Waals surface area contributed by atoms with Crippen LogP contribution in [0.1, 0.15) is 58.3 Å². The number of hydrogen-bond acceptors (Lipinski definition) is 3. The van der Waals surface area contributed by atoms with Crippen LogP contribution in [0.15, 0.2) is 42.5 Å². The van der Waals surface area contributed by atoms with Crippen LogP contribution in [-0.4, -0.2) is 12.3 Å². The second kappa shape index (κ2) is 7.09. The molecule has 2 aromatic carbocycles. The number of hydrogen-bond donors (Lipinski definition) is 0. The van der Waals surface area contributed by atoms with E-state index >= 15 is 0 Å². The number of cyclic esters (lactones) is 1. The average molecular weight is 379 g/mol. The predicted octanol–water partition coefficient (Wildman–Crippen LogP) is 6.10. The number of carbonyl (C=O) groups excluding carboxylic acids is 1. The molecule has 0 bridgehead atoms. The Morgan fingerprint density at radius 1 is 1.00 bits per heavy atom. The van der Waals surface area contributed by atoms with Gasteiger partial charge in [0.05, 0.1) is 5.92 Å². The van der Waals surface area contributed by atoms with Crippen LogP contribution in [0.25, 0.3) is 10.8 Å². The number of rotatable bonds is 3. The molecule has 2 aliphatic carbocycles. The predicted molar refractivity (Wildman–Crippen MR) is 110 cm³/mol. The lowest BCUT2D eigenvalue weighted by Gasteiger charge is -2.45. The van der Waals surface area contributed by atoms with Crippen molar-refractivity contribution in [3.8, 4) is 5.75 Å². The molecule has 3 nitrogen and oxygen atoms in total. The second-order valence-electron chi connectivity index (χ2n) is 9.43. The highest BCUT2D eigenvalue weighted by atomic mass is 16.7. The summed E-state index contributed by atoms with van der Waals surface area (Å²) in [6, 6.07) is 14.4. The summed E-state index contributed by atoms with van der Waals surface area (Å²) in [5.41, 5.74) is 0.433. The molecule has 1 aliphatic heterocycles. The molecule has 2 saturated carbocycles. The lowest BCUT2D eigenvalue weighted by molar-refractivity contribution is -0.153. The Kier molecular flexibility index (Phi) is 4.57. The molecule has 1 heterocycles. The summed E-state index contributed by atoms with van der Waals surface area (Å²) in [7, 11) is 0. The molecule has 3 fully saturated rings. The van der Waals surface area contributed by atoms with E-state index in [0.717, 1.165) is 30.4 Å². The topological polar surface area (TPSA) is 35.5 Å². The molecule has 0 amide bonds. The van der Waals surface area contributed by atoms with E-state index in [4.69, 9.17) is 9.47 Å². The largest absolute Gasteiger partial charge is 0.454 e. The molecule has 3 aliphatic rings. The van der Waals surface area contributed by atoms with Gasteiger partial charge in [0, 0.05) is 5.92 Å². The van der Waals surface area contributed by atoms with Gasteiger partial charge in [-0.2, -0.15) is 0 Å². The van der Waals surface area contributed by atoms with Crippen LogP contribution in [0.4, 0.5) is 0 Å². The Morgan fingerprint density at radius 2 is 1.79 bits per heavy atom. The van der Waals surface area contributed by atoms with Gasteiger partial charge in [0.2, 0.25) is 6.29 Å². The first kappa shape index (κ1) is 18.0. The molecule has 0 radical (unpaired) electrons. The van der Waals surface area contributed by atoms with E-state index in [9.17, 15) is 4.79 Å². The maximum atomic E-state index is 12.5.